The highest BCUT2D eigenvalue weighted by atomic mass is 19.4. The van der Waals surface area contributed by atoms with Gasteiger partial charge >= 0.3 is 6.18 Å². The Morgan fingerprint density at radius 1 is 1.02 bits per heavy atom. The van der Waals surface area contributed by atoms with Crippen LogP contribution in [-0.4, -0.2) is 78.3 Å². The fourth-order valence-electron chi connectivity index (χ4n) is 5.30. The number of fused-ring (bicyclic) bond motifs is 3. The lowest BCUT2D eigenvalue weighted by Crippen LogP contribution is -2.53. The average Bonchev–Trinajstić information content (AvgIpc) is 3.60. The summed E-state index contributed by atoms with van der Waals surface area (Å²) >= 11 is 0. The Morgan fingerprint density at radius 3 is 2.31 bits per heavy atom. The summed E-state index contributed by atoms with van der Waals surface area (Å²) in [6.45, 7) is 5.10. The van der Waals surface area contributed by atoms with E-state index in [1.54, 1.807) is 23.1 Å². The fraction of sp³-hybridized carbons (Fsp3) is 0.500. The molecule has 0 bridgehead atoms. The number of hydrogen-bond acceptors (Lipinski definition) is 6. The lowest BCUT2D eigenvalue weighted by Gasteiger charge is -2.32. The molecule has 5 rings (SSSR count). The smallest absolute Gasteiger partial charge is 0.407 e. The highest BCUT2D eigenvalue weighted by Gasteiger charge is 2.48. The zero-order chi connectivity index (χ0) is 30.4. The van der Waals surface area contributed by atoms with Gasteiger partial charge in [-0.1, -0.05) is 12.1 Å². The molecule has 2 aromatic carbocycles. The van der Waals surface area contributed by atoms with Crippen molar-refractivity contribution in [2.24, 2.45) is 0 Å². The molecule has 1 saturated carbocycles. The molecule has 1 saturated heterocycles. The number of carbonyl (C=O) groups excluding carboxylic acids is 2. The van der Waals surface area contributed by atoms with Crippen LogP contribution < -0.4 is 10.6 Å². The third-order valence-electron chi connectivity index (χ3n) is 7.89. The Morgan fingerprint density at radius 2 is 1.71 bits per heavy atom. The van der Waals surface area contributed by atoms with Crippen molar-refractivity contribution in [2.45, 2.75) is 62.6 Å². The van der Waals surface area contributed by atoms with Crippen LogP contribution in [0.5, 0.6) is 0 Å². The van der Waals surface area contributed by atoms with Gasteiger partial charge < -0.3 is 19.5 Å². The van der Waals surface area contributed by atoms with Gasteiger partial charge in [0.1, 0.15) is 28.4 Å². The van der Waals surface area contributed by atoms with E-state index in [9.17, 15) is 32.4 Å². The third-order valence-corrected chi connectivity index (χ3v) is 7.89. The second kappa shape index (κ2) is 10.9. The van der Waals surface area contributed by atoms with Crippen LogP contribution in [0, 0.1) is 11.3 Å². The van der Waals surface area contributed by atoms with Crippen LogP contribution in [0.2, 0.25) is 0 Å². The summed E-state index contributed by atoms with van der Waals surface area (Å²) in [4.78, 5) is 30.0. The number of hydrogen-bond donors (Lipinski definition) is 2. The summed E-state index contributed by atoms with van der Waals surface area (Å²) in [6, 6.07) is 7.07. The minimum Gasteiger partial charge on any atom is -0.456 e. The van der Waals surface area contributed by atoms with E-state index >= 15 is 0 Å². The first kappa shape index (κ1) is 29.8. The van der Waals surface area contributed by atoms with Crippen molar-refractivity contribution in [3.63, 3.8) is 0 Å². The number of nitriles is 1. The number of benzene rings is 2. The van der Waals surface area contributed by atoms with Gasteiger partial charge in [0.15, 0.2) is 0 Å². The summed E-state index contributed by atoms with van der Waals surface area (Å²) < 4.78 is 63.7. The number of halogens is 4. The number of likely N-dealkylation sites (N-methyl/N-ethyl adjacent to an activating group) is 1. The van der Waals surface area contributed by atoms with E-state index in [1.165, 1.54) is 32.0 Å². The van der Waals surface area contributed by atoms with Crippen molar-refractivity contribution in [2.75, 3.05) is 33.2 Å². The molecule has 3 aromatic rings. The molecule has 1 aliphatic heterocycles. The van der Waals surface area contributed by atoms with Crippen molar-refractivity contribution in [1.29, 1.82) is 5.26 Å². The first-order valence-electron chi connectivity index (χ1n) is 13.9. The van der Waals surface area contributed by atoms with Crippen LogP contribution in [0.3, 0.4) is 0 Å². The van der Waals surface area contributed by atoms with Crippen molar-refractivity contribution in [1.82, 2.24) is 20.4 Å². The molecule has 2 unspecified atom stereocenters. The Balaban J connectivity index is 1.44. The Bertz CT molecular complexity index is 1540. The van der Waals surface area contributed by atoms with E-state index < -0.39 is 41.8 Å². The molecule has 0 spiro atoms. The topological polar surface area (TPSA) is 102 Å². The van der Waals surface area contributed by atoms with Crippen LogP contribution in [0.25, 0.3) is 21.9 Å². The van der Waals surface area contributed by atoms with Gasteiger partial charge in [0, 0.05) is 48.9 Å². The molecule has 8 nitrogen and oxygen atoms in total. The normalized spacial score (nSPS) is 19.0. The molecule has 2 N–H and O–H groups in total. The molecule has 2 atom stereocenters. The lowest BCUT2D eigenvalue weighted by molar-refractivity contribution is -0.161. The fourth-order valence-corrected chi connectivity index (χ4v) is 5.30. The minimum atomic E-state index is -4.84. The number of nitrogens with zero attached hydrogens (tertiary/aromatic N) is 3. The molecule has 2 amide bonds. The van der Waals surface area contributed by atoms with Gasteiger partial charge in [0.2, 0.25) is 5.91 Å². The van der Waals surface area contributed by atoms with Crippen LogP contribution >= 0.6 is 0 Å². The number of furan rings is 1. The van der Waals surface area contributed by atoms with Gasteiger partial charge in [-0.05, 0) is 63.6 Å². The van der Waals surface area contributed by atoms with Gasteiger partial charge in [-0.25, -0.2) is 4.39 Å². The first-order chi connectivity index (χ1) is 19.7. The van der Waals surface area contributed by atoms with E-state index in [4.69, 9.17) is 4.42 Å². The quantitative estimate of drug-likeness (QED) is 0.366. The second-order valence-electron chi connectivity index (χ2n) is 12.0. The van der Waals surface area contributed by atoms with Crippen LogP contribution in [0.1, 0.15) is 55.1 Å². The van der Waals surface area contributed by atoms with Crippen molar-refractivity contribution in [3.05, 3.63) is 47.5 Å². The van der Waals surface area contributed by atoms with E-state index in [0.29, 0.717) is 47.9 Å². The van der Waals surface area contributed by atoms with Gasteiger partial charge in [0.25, 0.3) is 5.91 Å². The SMILES string of the molecule is CN1CCN(C(=O)c2ccc3oc4cc(C(NC(CC(C)(C)F)C(=O)NC5(C#N)CC5)C(F)(F)F)ccc4c3c2)CC1. The van der Waals surface area contributed by atoms with Gasteiger partial charge in [-0.2, -0.15) is 18.4 Å². The maximum Gasteiger partial charge on any atom is 0.407 e. The van der Waals surface area contributed by atoms with Gasteiger partial charge in [0.05, 0.1) is 12.1 Å². The number of nitrogens with one attached hydrogen (secondary N) is 2. The predicted octanol–water partition coefficient (Wildman–Crippen LogP) is 4.85. The molecule has 42 heavy (non-hydrogen) atoms. The third kappa shape index (κ3) is 6.37. The van der Waals surface area contributed by atoms with Crippen LogP contribution in [-0.2, 0) is 4.79 Å². The van der Waals surface area contributed by atoms with Gasteiger partial charge in [-0.15, -0.1) is 0 Å². The molecular formula is C30H33F4N5O3. The predicted molar refractivity (Wildman–Crippen MR) is 148 cm³/mol. The van der Waals surface area contributed by atoms with Crippen LogP contribution in [0.4, 0.5) is 17.6 Å². The molecule has 0 radical (unpaired) electrons. The van der Waals surface area contributed by atoms with Crippen molar-refractivity contribution in [3.8, 4) is 6.07 Å². The number of rotatable bonds is 8. The zero-order valence-electron chi connectivity index (χ0n) is 23.6. The Kier molecular flexibility index (Phi) is 7.70. The Hall–Kier alpha value is -3.69. The molecule has 224 valence electrons. The van der Waals surface area contributed by atoms with Gasteiger partial charge in [-0.3, -0.25) is 14.9 Å². The maximum atomic E-state index is 14.6. The molecule has 2 fully saturated rings. The molecule has 1 aliphatic carbocycles. The zero-order valence-corrected chi connectivity index (χ0v) is 23.6. The average molecular weight is 588 g/mol. The second-order valence-corrected chi connectivity index (χ2v) is 12.0. The molecule has 12 heteroatoms. The summed E-state index contributed by atoms with van der Waals surface area (Å²) in [5.74, 6) is -0.988. The monoisotopic (exact) mass is 587 g/mol. The molecular weight excluding hydrogens is 554 g/mol. The van der Waals surface area contributed by atoms with E-state index in [1.807, 2.05) is 13.1 Å². The molecule has 2 heterocycles. The summed E-state index contributed by atoms with van der Waals surface area (Å²) in [7, 11) is 1.99. The summed E-state index contributed by atoms with van der Waals surface area (Å²) in [5, 5.41) is 15.3. The highest BCUT2D eigenvalue weighted by Crippen LogP contribution is 2.38. The largest absolute Gasteiger partial charge is 0.456 e. The van der Waals surface area contributed by atoms with Crippen molar-refractivity contribution >= 4 is 33.8 Å². The highest BCUT2D eigenvalue weighted by molar-refractivity contribution is 6.08. The number of amides is 2. The Labute approximate surface area is 240 Å². The summed E-state index contributed by atoms with van der Waals surface area (Å²) in [6.07, 6.45) is -4.61. The molecule has 2 aliphatic rings. The number of carbonyl (C=O) groups is 2. The van der Waals surface area contributed by atoms with E-state index in [2.05, 4.69) is 15.5 Å². The first-order valence-corrected chi connectivity index (χ1v) is 13.9. The van der Waals surface area contributed by atoms with Crippen molar-refractivity contribution < 1.29 is 31.6 Å². The summed E-state index contributed by atoms with van der Waals surface area (Å²) in [5.41, 5.74) is -2.26. The number of piperazine rings is 1. The standard InChI is InChI=1S/C30H33F4N5O3/c1-28(2,31)16-22(26(40)37-29(17-35)8-9-29)36-25(30(32,33)34)18-4-6-20-21-14-19(5-7-23(21)42-24(20)15-18)27(41)39-12-10-38(3)11-13-39/h4-7,14-15,22,25,36H,8-13,16H2,1-3H3,(H,37,40). The maximum absolute atomic E-state index is 14.6. The molecule has 1 aromatic heterocycles. The van der Waals surface area contributed by atoms with E-state index in [0.717, 1.165) is 13.1 Å². The minimum absolute atomic E-state index is 0.123. The van der Waals surface area contributed by atoms with Crippen LogP contribution in [0.15, 0.2) is 40.8 Å². The lowest BCUT2D eigenvalue weighted by atomic mass is 9.97. The number of alkyl halides is 4. The van der Waals surface area contributed by atoms with E-state index in [-0.39, 0.29) is 17.1 Å².